The van der Waals surface area contributed by atoms with Crippen LogP contribution in [0.3, 0.4) is 0 Å². The predicted octanol–water partition coefficient (Wildman–Crippen LogP) is 2.81. The predicted molar refractivity (Wildman–Crippen MR) is 82.7 cm³/mol. The summed E-state index contributed by atoms with van der Waals surface area (Å²) in [5.41, 5.74) is -0.169. The number of halogens is 2. The number of hydrogen-bond donors (Lipinski definition) is 0. The minimum Gasteiger partial charge on any atom is -0.314 e. The number of alkyl halides is 2. The van der Waals surface area contributed by atoms with Crippen molar-refractivity contribution in [1.82, 2.24) is 9.47 Å². The van der Waals surface area contributed by atoms with E-state index in [0.29, 0.717) is 13.1 Å². The first-order valence-electron chi connectivity index (χ1n) is 7.58. The van der Waals surface area contributed by atoms with Crippen molar-refractivity contribution in [3.05, 3.63) is 34.2 Å². The molecule has 22 heavy (non-hydrogen) atoms. The van der Waals surface area contributed by atoms with Crippen LogP contribution in [0.15, 0.2) is 23.1 Å². The Kier molecular flexibility index (Phi) is 6.41. The number of likely N-dealkylation sites (N-methyl/N-ethyl adjacent to an activating group) is 1. The van der Waals surface area contributed by atoms with Crippen LogP contribution < -0.4 is 5.56 Å². The molecule has 1 aromatic heterocycles. The van der Waals surface area contributed by atoms with Gasteiger partial charge in [-0.1, -0.05) is 13.8 Å². The third-order valence-corrected chi connectivity index (χ3v) is 3.78. The van der Waals surface area contributed by atoms with Gasteiger partial charge in [0.15, 0.2) is 5.78 Å². The Balaban J connectivity index is 0.00000116. The fourth-order valence-electron chi connectivity index (χ4n) is 2.37. The van der Waals surface area contributed by atoms with Gasteiger partial charge in [0, 0.05) is 38.2 Å². The molecule has 0 aromatic carbocycles. The van der Waals surface area contributed by atoms with Crippen molar-refractivity contribution in [2.75, 3.05) is 13.6 Å². The number of aromatic nitrogens is 1. The summed E-state index contributed by atoms with van der Waals surface area (Å²) in [6, 6.07) is 3.02. The number of nitrogens with zero attached hydrogens (tertiary/aromatic N) is 2. The van der Waals surface area contributed by atoms with E-state index in [2.05, 4.69) is 0 Å². The molecule has 0 atom stereocenters. The normalized spacial score (nSPS) is 16.7. The van der Waals surface area contributed by atoms with Crippen molar-refractivity contribution >= 4 is 5.78 Å². The van der Waals surface area contributed by atoms with Crippen LogP contribution in [0.4, 0.5) is 8.78 Å². The summed E-state index contributed by atoms with van der Waals surface area (Å²) in [6.07, 6.45) is 1.37. The fraction of sp³-hybridized carbons (Fsp3) is 0.625. The zero-order chi connectivity index (χ0) is 16.9. The highest BCUT2D eigenvalue weighted by Gasteiger charge is 2.46. The van der Waals surface area contributed by atoms with E-state index >= 15 is 0 Å². The van der Waals surface area contributed by atoms with Crippen LogP contribution in [0.25, 0.3) is 0 Å². The van der Waals surface area contributed by atoms with Gasteiger partial charge in [0.2, 0.25) is 0 Å². The Morgan fingerprint density at radius 2 is 2.00 bits per heavy atom. The van der Waals surface area contributed by atoms with Crippen molar-refractivity contribution in [3.8, 4) is 0 Å². The largest absolute Gasteiger partial charge is 0.314 e. The van der Waals surface area contributed by atoms with Gasteiger partial charge in [-0.25, -0.2) is 8.78 Å². The van der Waals surface area contributed by atoms with Gasteiger partial charge in [-0.05, 0) is 26.1 Å². The number of carbonyl (C=O) groups is 1. The van der Waals surface area contributed by atoms with Gasteiger partial charge in [-0.3, -0.25) is 9.59 Å². The van der Waals surface area contributed by atoms with Crippen LogP contribution in [0, 0.1) is 0 Å². The first-order chi connectivity index (χ1) is 10.3. The van der Waals surface area contributed by atoms with Crippen molar-refractivity contribution in [2.24, 2.45) is 0 Å². The van der Waals surface area contributed by atoms with E-state index in [4.69, 9.17) is 0 Å². The molecule has 1 fully saturated rings. The maximum atomic E-state index is 12.8. The highest BCUT2D eigenvalue weighted by Crippen LogP contribution is 2.39. The summed E-state index contributed by atoms with van der Waals surface area (Å²) < 4.78 is 27.0. The van der Waals surface area contributed by atoms with E-state index in [1.54, 1.807) is 19.3 Å². The molecular weight excluding hydrogens is 290 g/mol. The van der Waals surface area contributed by atoms with E-state index in [9.17, 15) is 18.4 Å². The lowest BCUT2D eigenvalue weighted by Gasteiger charge is -2.40. The number of pyridine rings is 1. The molecule has 0 aliphatic heterocycles. The Morgan fingerprint density at radius 1 is 1.41 bits per heavy atom. The smallest absolute Gasteiger partial charge is 0.261 e. The minimum absolute atomic E-state index is 0.119. The number of carbonyl (C=O) groups excluding carboxylic acids is 1. The highest BCUT2D eigenvalue weighted by molar-refractivity contribution is 5.93. The van der Waals surface area contributed by atoms with Crippen molar-refractivity contribution in [2.45, 2.75) is 52.1 Å². The molecular formula is C16H24F2N2O2. The second kappa shape index (κ2) is 7.63. The molecule has 0 amide bonds. The maximum absolute atomic E-state index is 12.8. The standard InChI is InChI=1S/C14H18F2N2O2.C2H6/c1-10(19)12-4-3-5-18(13(12)20)7-6-17(2)11-8-14(15,16)9-11;1-2/h3-5,11H,6-9H2,1-2H3;1-2H3. The molecule has 1 aliphatic rings. The Bertz CT molecular complexity index is 562. The summed E-state index contributed by atoms with van der Waals surface area (Å²) in [5, 5.41) is 0. The van der Waals surface area contributed by atoms with E-state index < -0.39 is 5.92 Å². The topological polar surface area (TPSA) is 42.3 Å². The van der Waals surface area contributed by atoms with E-state index in [0.717, 1.165) is 0 Å². The molecule has 4 nitrogen and oxygen atoms in total. The molecule has 1 saturated carbocycles. The molecule has 0 bridgehead atoms. The van der Waals surface area contributed by atoms with E-state index in [-0.39, 0.29) is 35.8 Å². The van der Waals surface area contributed by atoms with Gasteiger partial charge >= 0.3 is 0 Å². The average molecular weight is 314 g/mol. The number of ketones is 1. The SMILES string of the molecule is CC.CC(=O)c1cccn(CCN(C)C2CC(F)(F)C2)c1=O. The van der Waals surface area contributed by atoms with Gasteiger partial charge in [0.05, 0.1) is 5.56 Å². The average Bonchev–Trinajstić information content (AvgIpc) is 2.45. The van der Waals surface area contributed by atoms with Crippen LogP contribution in [-0.4, -0.2) is 40.8 Å². The minimum atomic E-state index is -2.54. The second-order valence-electron chi connectivity index (χ2n) is 5.38. The van der Waals surface area contributed by atoms with Crippen LogP contribution in [0.5, 0.6) is 0 Å². The third kappa shape index (κ3) is 4.47. The molecule has 0 N–H and O–H groups in total. The van der Waals surface area contributed by atoms with Crippen LogP contribution in [0.1, 0.15) is 44.0 Å². The molecule has 1 heterocycles. The molecule has 124 valence electrons. The molecule has 0 unspecified atom stereocenters. The zero-order valence-electron chi connectivity index (χ0n) is 13.6. The van der Waals surface area contributed by atoms with Gasteiger partial charge in [-0.2, -0.15) is 0 Å². The summed E-state index contributed by atoms with van der Waals surface area (Å²) in [6.45, 7) is 6.24. The first-order valence-corrected chi connectivity index (χ1v) is 7.58. The molecule has 0 saturated heterocycles. The van der Waals surface area contributed by atoms with Crippen LogP contribution in [-0.2, 0) is 6.54 Å². The van der Waals surface area contributed by atoms with Crippen LogP contribution >= 0.6 is 0 Å². The lowest BCUT2D eigenvalue weighted by molar-refractivity contribution is -0.120. The highest BCUT2D eigenvalue weighted by atomic mass is 19.3. The summed E-state index contributed by atoms with van der Waals surface area (Å²) >= 11 is 0. The third-order valence-electron chi connectivity index (χ3n) is 3.78. The molecule has 0 spiro atoms. The maximum Gasteiger partial charge on any atom is 0.261 e. The number of Topliss-reactive ketones (excluding diaryl/α,β-unsaturated/α-hetero) is 1. The Hall–Kier alpha value is -1.56. The number of hydrogen-bond acceptors (Lipinski definition) is 3. The Morgan fingerprint density at radius 3 is 2.50 bits per heavy atom. The molecule has 1 aromatic rings. The Labute approximate surface area is 129 Å². The summed E-state index contributed by atoms with van der Waals surface area (Å²) in [4.78, 5) is 25.1. The zero-order valence-corrected chi connectivity index (χ0v) is 13.6. The molecule has 0 radical (unpaired) electrons. The van der Waals surface area contributed by atoms with Crippen molar-refractivity contribution < 1.29 is 13.6 Å². The fourth-order valence-corrected chi connectivity index (χ4v) is 2.37. The van der Waals surface area contributed by atoms with Gasteiger partial charge in [0.1, 0.15) is 0 Å². The first kappa shape index (κ1) is 18.5. The monoisotopic (exact) mass is 314 g/mol. The van der Waals surface area contributed by atoms with E-state index in [1.807, 2.05) is 18.7 Å². The lowest BCUT2D eigenvalue weighted by atomic mass is 9.87. The number of rotatable bonds is 5. The van der Waals surface area contributed by atoms with Gasteiger partial charge < -0.3 is 9.47 Å². The second-order valence-corrected chi connectivity index (χ2v) is 5.38. The van der Waals surface area contributed by atoms with E-state index in [1.165, 1.54) is 17.6 Å². The van der Waals surface area contributed by atoms with Gasteiger partial charge in [-0.15, -0.1) is 0 Å². The summed E-state index contributed by atoms with van der Waals surface area (Å²) in [5.74, 6) is -2.80. The van der Waals surface area contributed by atoms with Gasteiger partial charge in [0.25, 0.3) is 11.5 Å². The molecule has 6 heteroatoms. The quantitative estimate of drug-likeness (QED) is 0.785. The van der Waals surface area contributed by atoms with Crippen molar-refractivity contribution in [1.29, 1.82) is 0 Å². The lowest BCUT2D eigenvalue weighted by Crippen LogP contribution is -2.50. The van der Waals surface area contributed by atoms with Crippen molar-refractivity contribution in [3.63, 3.8) is 0 Å². The molecule has 2 rings (SSSR count). The molecule has 1 aliphatic carbocycles. The van der Waals surface area contributed by atoms with Crippen LogP contribution in [0.2, 0.25) is 0 Å². The summed E-state index contributed by atoms with van der Waals surface area (Å²) in [7, 11) is 1.78.